The zero-order chi connectivity index (χ0) is 25.8. The average molecular weight is 507 g/mol. The molecule has 0 fully saturated rings. The van der Waals surface area contributed by atoms with Gasteiger partial charge in [-0.25, -0.2) is 9.97 Å². The smallest absolute Gasteiger partial charge is 0.259 e. The first-order valence-electron chi connectivity index (χ1n) is 11.9. The number of anilines is 2. The van der Waals surface area contributed by atoms with Gasteiger partial charge in [0.05, 0.1) is 16.8 Å². The van der Waals surface area contributed by atoms with E-state index in [9.17, 15) is 4.79 Å². The third-order valence-electron chi connectivity index (χ3n) is 5.92. The van der Waals surface area contributed by atoms with Crippen molar-refractivity contribution < 1.29 is 0 Å². The fraction of sp³-hybridized carbons (Fsp3) is 0.138. The van der Waals surface area contributed by atoms with E-state index in [0.717, 1.165) is 45.0 Å². The van der Waals surface area contributed by atoms with Gasteiger partial charge in [0.2, 0.25) is 0 Å². The predicted molar refractivity (Wildman–Crippen MR) is 156 cm³/mol. The van der Waals surface area contributed by atoms with E-state index in [1.54, 1.807) is 36.0 Å². The van der Waals surface area contributed by atoms with Crippen LogP contribution in [0.2, 0.25) is 0 Å². The van der Waals surface area contributed by atoms with Crippen LogP contribution in [0.4, 0.5) is 11.5 Å². The average Bonchev–Trinajstić information content (AvgIpc) is 3.40. The first-order chi connectivity index (χ1) is 18.1. The van der Waals surface area contributed by atoms with Crippen LogP contribution in [0.15, 0.2) is 87.7 Å². The van der Waals surface area contributed by atoms with Gasteiger partial charge in [-0.2, -0.15) is 0 Å². The van der Waals surface area contributed by atoms with Crippen LogP contribution in [0.3, 0.4) is 0 Å². The molecule has 0 spiro atoms. The minimum Gasteiger partial charge on any atom is -0.340 e. The van der Waals surface area contributed by atoms with Crippen LogP contribution in [0.1, 0.15) is 24.5 Å². The van der Waals surface area contributed by atoms with E-state index >= 15 is 0 Å². The van der Waals surface area contributed by atoms with Crippen LogP contribution < -0.4 is 10.9 Å². The molecule has 0 saturated carbocycles. The lowest BCUT2D eigenvalue weighted by atomic mass is 10.1. The second-order valence-corrected chi connectivity index (χ2v) is 9.51. The molecule has 0 bridgehead atoms. The van der Waals surface area contributed by atoms with Crippen LogP contribution in [0.25, 0.3) is 33.2 Å². The Kier molecular flexibility index (Phi) is 7.00. The molecule has 0 aliphatic carbocycles. The van der Waals surface area contributed by atoms with E-state index < -0.39 is 0 Å². The summed E-state index contributed by atoms with van der Waals surface area (Å²) in [5, 5.41) is 7.61. The Morgan fingerprint density at radius 3 is 2.84 bits per heavy atom. The van der Waals surface area contributed by atoms with Crippen molar-refractivity contribution in [3.05, 3.63) is 94.0 Å². The largest absolute Gasteiger partial charge is 0.340 e. The summed E-state index contributed by atoms with van der Waals surface area (Å²) in [6.45, 7) is 8.72. The van der Waals surface area contributed by atoms with E-state index in [0.29, 0.717) is 22.8 Å². The maximum absolute atomic E-state index is 12.7. The van der Waals surface area contributed by atoms with Gasteiger partial charge < -0.3 is 10.3 Å². The number of hydrogen-bond acceptors (Lipinski definition) is 7. The van der Waals surface area contributed by atoms with E-state index in [2.05, 4.69) is 45.2 Å². The van der Waals surface area contributed by atoms with Crippen molar-refractivity contribution >= 4 is 57.2 Å². The fourth-order valence-electron chi connectivity index (χ4n) is 4.08. The normalized spacial score (nSPS) is 15.8. The minimum atomic E-state index is -0.212. The van der Waals surface area contributed by atoms with Crippen LogP contribution >= 0.6 is 11.3 Å². The summed E-state index contributed by atoms with van der Waals surface area (Å²) < 4.78 is 0. The SMILES string of the molecule is C=C/C(=C\N=CC)c1cc2cc[nH]c(=O)c2c(Nc2ccc(-c3csc(C4=CC(C)CN=C4)n3)cc2)n1. The molecule has 0 radical (unpaired) electrons. The number of fused-ring (bicyclic) bond motifs is 1. The monoisotopic (exact) mass is 506 g/mol. The Hall–Kier alpha value is -4.43. The Labute approximate surface area is 218 Å². The van der Waals surface area contributed by atoms with Crippen molar-refractivity contribution in [2.24, 2.45) is 15.9 Å². The maximum atomic E-state index is 12.7. The zero-order valence-electron chi connectivity index (χ0n) is 20.6. The molecule has 1 atom stereocenters. The van der Waals surface area contributed by atoms with Crippen LogP contribution in [0.5, 0.6) is 0 Å². The number of dihydropyridines is 1. The number of allylic oxidation sites excluding steroid dienone is 3. The molecule has 1 aliphatic heterocycles. The standard InChI is InChI=1S/C29H26N6OS/c1-4-19(15-30-5-2)24-13-21-10-11-32-28(36)26(21)27(34-24)33-23-8-6-20(7-9-23)25-17-37-29(35-25)22-12-18(3)14-31-16-22/h4-13,15-18H,1,14H2,2-3H3,(H,32,36)(H,33,34)/b19-15+,30-5?. The molecule has 5 rings (SSSR count). The number of benzene rings is 1. The molecule has 4 heterocycles. The highest BCUT2D eigenvalue weighted by Crippen LogP contribution is 2.30. The molecule has 37 heavy (non-hydrogen) atoms. The minimum absolute atomic E-state index is 0.212. The molecule has 1 unspecified atom stereocenters. The maximum Gasteiger partial charge on any atom is 0.259 e. The Balaban J connectivity index is 1.46. The molecule has 184 valence electrons. The van der Waals surface area contributed by atoms with Gasteiger partial charge in [0.25, 0.3) is 5.56 Å². The molecular weight excluding hydrogens is 480 g/mol. The highest BCUT2D eigenvalue weighted by molar-refractivity contribution is 7.11. The number of rotatable bonds is 7. The van der Waals surface area contributed by atoms with Gasteiger partial charge in [0.1, 0.15) is 10.8 Å². The summed E-state index contributed by atoms with van der Waals surface area (Å²) in [6.07, 6.45) is 10.9. The van der Waals surface area contributed by atoms with Gasteiger partial charge >= 0.3 is 0 Å². The fourth-order valence-corrected chi connectivity index (χ4v) is 4.90. The molecule has 3 aromatic heterocycles. The summed E-state index contributed by atoms with van der Waals surface area (Å²) >= 11 is 1.62. The number of pyridine rings is 2. The predicted octanol–water partition coefficient (Wildman–Crippen LogP) is 6.51. The summed E-state index contributed by atoms with van der Waals surface area (Å²) in [6, 6.07) is 11.7. The molecule has 7 nitrogen and oxygen atoms in total. The second-order valence-electron chi connectivity index (χ2n) is 8.66. The van der Waals surface area contributed by atoms with Gasteiger partial charge in [-0.1, -0.05) is 37.8 Å². The van der Waals surface area contributed by atoms with Crippen LogP contribution in [0, 0.1) is 5.92 Å². The molecule has 1 aromatic carbocycles. The van der Waals surface area contributed by atoms with Gasteiger partial charge in [0.15, 0.2) is 0 Å². The molecule has 4 aromatic rings. The number of aromatic amines is 1. The quantitative estimate of drug-likeness (QED) is 0.221. The number of aromatic nitrogens is 3. The first-order valence-corrected chi connectivity index (χ1v) is 12.8. The van der Waals surface area contributed by atoms with E-state index in [1.165, 1.54) is 0 Å². The van der Waals surface area contributed by atoms with E-state index in [-0.39, 0.29) is 5.56 Å². The number of thiazole rings is 1. The lowest BCUT2D eigenvalue weighted by molar-refractivity contribution is 0.740. The van der Waals surface area contributed by atoms with E-state index in [4.69, 9.17) is 9.97 Å². The Morgan fingerprint density at radius 2 is 2.08 bits per heavy atom. The Morgan fingerprint density at radius 1 is 1.24 bits per heavy atom. The highest BCUT2D eigenvalue weighted by atomic mass is 32.1. The molecule has 0 saturated heterocycles. The third kappa shape index (κ3) is 5.24. The van der Waals surface area contributed by atoms with Crippen molar-refractivity contribution in [3.63, 3.8) is 0 Å². The lowest BCUT2D eigenvalue weighted by Gasteiger charge is -2.12. The number of aliphatic imine (C=N–C) groups is 2. The van der Waals surface area contributed by atoms with Crippen molar-refractivity contribution in [1.29, 1.82) is 0 Å². The van der Waals surface area contributed by atoms with Gasteiger partial charge in [0, 0.05) is 59.1 Å². The summed E-state index contributed by atoms with van der Waals surface area (Å²) in [5.74, 6) is 0.884. The number of hydrogen-bond donors (Lipinski definition) is 2. The van der Waals surface area contributed by atoms with Gasteiger partial charge in [-0.05, 0) is 42.5 Å². The topological polar surface area (TPSA) is 95.4 Å². The lowest BCUT2D eigenvalue weighted by Crippen LogP contribution is -2.09. The van der Waals surface area contributed by atoms with Crippen LogP contribution in [-0.2, 0) is 0 Å². The zero-order valence-corrected chi connectivity index (χ0v) is 21.4. The first kappa shape index (κ1) is 24.3. The Bertz CT molecular complexity index is 1640. The second kappa shape index (κ2) is 10.7. The summed E-state index contributed by atoms with van der Waals surface area (Å²) in [7, 11) is 0. The molecular formula is C29H26N6OS. The number of H-pyrrole nitrogens is 1. The number of nitrogens with zero attached hydrogens (tertiary/aromatic N) is 4. The van der Waals surface area contributed by atoms with Crippen molar-refractivity contribution in [2.45, 2.75) is 13.8 Å². The summed E-state index contributed by atoms with van der Waals surface area (Å²) in [5.41, 5.74) is 5.02. The van der Waals surface area contributed by atoms with Crippen LogP contribution in [-0.4, -0.2) is 33.9 Å². The van der Waals surface area contributed by atoms with Crippen molar-refractivity contribution in [1.82, 2.24) is 15.0 Å². The van der Waals surface area contributed by atoms with Crippen molar-refractivity contribution in [2.75, 3.05) is 11.9 Å². The molecule has 8 heteroatoms. The highest BCUT2D eigenvalue weighted by Gasteiger charge is 2.14. The molecule has 0 amide bonds. The third-order valence-corrected chi connectivity index (χ3v) is 6.81. The molecule has 1 aliphatic rings. The van der Waals surface area contributed by atoms with Gasteiger partial charge in [-0.3, -0.25) is 14.8 Å². The van der Waals surface area contributed by atoms with Gasteiger partial charge in [-0.15, -0.1) is 11.3 Å². The summed E-state index contributed by atoms with van der Waals surface area (Å²) in [4.78, 5) is 33.6. The van der Waals surface area contributed by atoms with E-state index in [1.807, 2.05) is 49.5 Å². The molecule has 2 N–H and O–H groups in total. The number of nitrogens with one attached hydrogen (secondary N) is 2. The van der Waals surface area contributed by atoms with Crippen molar-refractivity contribution in [3.8, 4) is 11.3 Å².